The van der Waals surface area contributed by atoms with Crippen molar-refractivity contribution >= 4 is 17.8 Å². The third-order valence-electron chi connectivity index (χ3n) is 9.29. The molecule has 178 valence electrons. The number of piperidine rings is 1. The van der Waals surface area contributed by atoms with Crippen molar-refractivity contribution in [3.05, 3.63) is 11.8 Å². The molecule has 32 heavy (non-hydrogen) atoms. The minimum Gasteiger partial charge on any atom is -0.335 e. The first-order chi connectivity index (χ1) is 15.0. The van der Waals surface area contributed by atoms with Crippen LogP contribution in [0.15, 0.2) is 11.8 Å². The molecule has 3 fully saturated rings. The molecule has 0 bridgehead atoms. The first kappa shape index (κ1) is 23.3. The highest BCUT2D eigenvalue weighted by molar-refractivity contribution is 5.96. The van der Waals surface area contributed by atoms with E-state index >= 15 is 0 Å². The Morgan fingerprint density at radius 1 is 1.09 bits per heavy atom. The number of nitrogens with zero attached hydrogens (tertiary/aromatic N) is 1. The molecule has 0 radical (unpaired) electrons. The predicted octanol–water partition coefficient (Wildman–Crippen LogP) is 4.60. The molecule has 2 saturated carbocycles. The van der Waals surface area contributed by atoms with Crippen LogP contribution in [0.25, 0.3) is 0 Å². The zero-order valence-electron chi connectivity index (χ0n) is 20.7. The topological polar surface area (TPSA) is 78.5 Å². The van der Waals surface area contributed by atoms with Crippen molar-refractivity contribution in [1.29, 1.82) is 0 Å². The Kier molecular flexibility index (Phi) is 5.96. The highest BCUT2D eigenvalue weighted by atomic mass is 16.2. The van der Waals surface area contributed by atoms with Crippen LogP contribution in [0.5, 0.6) is 0 Å². The van der Waals surface area contributed by atoms with Crippen LogP contribution in [0.4, 0.5) is 4.79 Å². The molecular weight excluding hydrogens is 402 g/mol. The van der Waals surface area contributed by atoms with Crippen molar-refractivity contribution in [2.45, 2.75) is 98.6 Å². The zero-order chi connectivity index (χ0) is 23.4. The second-order valence-electron chi connectivity index (χ2n) is 11.8. The van der Waals surface area contributed by atoms with Gasteiger partial charge in [-0.15, -0.1) is 0 Å². The summed E-state index contributed by atoms with van der Waals surface area (Å²) in [7, 11) is 0. The number of carbonyl (C=O) groups excluding carboxylic acids is 3. The molecule has 2 N–H and O–H groups in total. The highest BCUT2D eigenvalue weighted by Crippen LogP contribution is 2.65. The van der Waals surface area contributed by atoms with E-state index in [1.165, 1.54) is 4.90 Å². The number of fused-ring (bicyclic) bond motifs is 5. The van der Waals surface area contributed by atoms with Crippen LogP contribution in [0, 0.1) is 34.5 Å². The SMILES string of the molecule is CC(C)NC(=O)N(C(=O)C1CCC2C3CC=C4NC(=O)CC[C@]4(C)C3CC[C@]12C)C(C)C. The molecule has 4 aliphatic rings. The number of hydrogen-bond donors (Lipinski definition) is 2. The molecule has 3 aliphatic carbocycles. The van der Waals surface area contributed by atoms with Crippen LogP contribution in [0.3, 0.4) is 0 Å². The first-order valence-electron chi connectivity index (χ1n) is 12.6. The van der Waals surface area contributed by atoms with E-state index in [1.54, 1.807) is 0 Å². The maximum absolute atomic E-state index is 13.8. The maximum atomic E-state index is 13.8. The average Bonchev–Trinajstić information content (AvgIpc) is 3.05. The van der Waals surface area contributed by atoms with Gasteiger partial charge in [0.05, 0.1) is 0 Å². The van der Waals surface area contributed by atoms with Gasteiger partial charge in [0.25, 0.3) is 0 Å². The molecule has 0 aromatic heterocycles. The minimum absolute atomic E-state index is 0.00106. The fraction of sp³-hybridized carbons (Fsp3) is 0.808. The van der Waals surface area contributed by atoms with Crippen LogP contribution in [0.2, 0.25) is 0 Å². The molecule has 0 aromatic rings. The monoisotopic (exact) mass is 443 g/mol. The second kappa shape index (κ2) is 8.18. The summed E-state index contributed by atoms with van der Waals surface area (Å²) < 4.78 is 0. The largest absolute Gasteiger partial charge is 0.335 e. The predicted molar refractivity (Wildman–Crippen MR) is 124 cm³/mol. The van der Waals surface area contributed by atoms with Gasteiger partial charge in [0.2, 0.25) is 11.8 Å². The summed E-state index contributed by atoms with van der Waals surface area (Å²) in [5.41, 5.74) is 1.12. The van der Waals surface area contributed by atoms with Gasteiger partial charge in [-0.3, -0.25) is 14.5 Å². The van der Waals surface area contributed by atoms with Crippen LogP contribution >= 0.6 is 0 Å². The van der Waals surface area contributed by atoms with E-state index in [2.05, 4.69) is 30.6 Å². The number of imide groups is 1. The van der Waals surface area contributed by atoms with Crippen molar-refractivity contribution in [2.75, 3.05) is 0 Å². The van der Waals surface area contributed by atoms with Crippen LogP contribution in [-0.2, 0) is 9.59 Å². The summed E-state index contributed by atoms with van der Waals surface area (Å²) >= 11 is 0. The van der Waals surface area contributed by atoms with E-state index in [0.29, 0.717) is 24.2 Å². The summed E-state index contributed by atoms with van der Waals surface area (Å²) in [6, 6.07) is -0.430. The maximum Gasteiger partial charge on any atom is 0.324 e. The van der Waals surface area contributed by atoms with Gasteiger partial charge >= 0.3 is 6.03 Å². The molecule has 1 saturated heterocycles. The van der Waals surface area contributed by atoms with Gasteiger partial charge in [-0.1, -0.05) is 19.9 Å². The van der Waals surface area contributed by atoms with Gasteiger partial charge < -0.3 is 10.6 Å². The number of amides is 4. The molecule has 0 aromatic carbocycles. The Labute approximate surface area is 192 Å². The van der Waals surface area contributed by atoms with Crippen LogP contribution in [0.1, 0.15) is 86.5 Å². The third kappa shape index (κ3) is 3.58. The lowest BCUT2D eigenvalue weighted by molar-refractivity contribution is -0.141. The Balaban J connectivity index is 1.58. The number of carbonyl (C=O) groups is 3. The van der Waals surface area contributed by atoms with Gasteiger partial charge in [0, 0.05) is 35.5 Å². The number of rotatable bonds is 3. The molecule has 1 aliphatic heterocycles. The van der Waals surface area contributed by atoms with E-state index < -0.39 is 0 Å². The summed E-state index contributed by atoms with van der Waals surface area (Å²) in [4.78, 5) is 40.1. The lowest BCUT2D eigenvalue weighted by Gasteiger charge is -2.57. The van der Waals surface area contributed by atoms with Gasteiger partial charge in [-0.25, -0.2) is 4.79 Å². The lowest BCUT2D eigenvalue weighted by Crippen LogP contribution is -2.56. The van der Waals surface area contributed by atoms with Crippen molar-refractivity contribution in [3.63, 3.8) is 0 Å². The molecule has 4 amide bonds. The molecule has 6 atom stereocenters. The zero-order valence-corrected chi connectivity index (χ0v) is 20.7. The van der Waals surface area contributed by atoms with Gasteiger partial charge in [-0.2, -0.15) is 0 Å². The number of allylic oxidation sites excluding steroid dienone is 2. The molecular formula is C26H41N3O3. The summed E-state index contributed by atoms with van der Waals surface area (Å²) in [6.07, 6.45) is 8.81. The molecule has 0 spiro atoms. The van der Waals surface area contributed by atoms with Gasteiger partial charge in [0.1, 0.15) is 0 Å². The smallest absolute Gasteiger partial charge is 0.324 e. The van der Waals surface area contributed by atoms with Crippen molar-refractivity contribution < 1.29 is 14.4 Å². The number of hydrogen-bond acceptors (Lipinski definition) is 3. The molecule has 6 heteroatoms. The fourth-order valence-corrected chi connectivity index (χ4v) is 7.67. The first-order valence-corrected chi connectivity index (χ1v) is 12.6. The summed E-state index contributed by atoms with van der Waals surface area (Å²) in [5, 5.41) is 6.08. The van der Waals surface area contributed by atoms with Crippen LogP contribution < -0.4 is 10.6 Å². The lowest BCUT2D eigenvalue weighted by atomic mass is 9.49. The third-order valence-corrected chi connectivity index (χ3v) is 9.29. The van der Waals surface area contributed by atoms with Crippen molar-refractivity contribution in [1.82, 2.24) is 15.5 Å². The van der Waals surface area contributed by atoms with Crippen LogP contribution in [-0.4, -0.2) is 34.8 Å². The minimum atomic E-state index is -0.267. The summed E-state index contributed by atoms with van der Waals surface area (Å²) in [5.74, 6) is 1.65. The number of nitrogens with one attached hydrogen (secondary N) is 2. The standard InChI is InChI=1S/C26H41N3O3/c1-15(2)27-24(32)29(16(3)4)23(31)20-9-8-18-17-7-10-21-26(6,14-12-22(30)28-21)19(17)11-13-25(18,20)5/h10,15-20H,7-9,11-14H2,1-6H3,(H,27,32)(H,28,30)/t17?,18?,19?,20?,25-,26+/m0/s1. The Morgan fingerprint density at radius 2 is 1.81 bits per heavy atom. The van der Waals surface area contributed by atoms with E-state index in [0.717, 1.165) is 44.2 Å². The average molecular weight is 444 g/mol. The van der Waals surface area contributed by atoms with Gasteiger partial charge in [0.15, 0.2) is 0 Å². The van der Waals surface area contributed by atoms with E-state index in [4.69, 9.17) is 0 Å². The molecule has 4 rings (SSSR count). The Morgan fingerprint density at radius 3 is 2.47 bits per heavy atom. The fourth-order valence-electron chi connectivity index (χ4n) is 7.67. The van der Waals surface area contributed by atoms with E-state index in [1.807, 2.05) is 27.7 Å². The highest BCUT2D eigenvalue weighted by Gasteiger charge is 2.60. The molecule has 6 nitrogen and oxygen atoms in total. The number of urea groups is 1. The second-order valence-corrected chi connectivity index (χ2v) is 11.8. The quantitative estimate of drug-likeness (QED) is 0.669. The normalized spacial score (nSPS) is 38.4. The Bertz CT molecular complexity index is 834. The summed E-state index contributed by atoms with van der Waals surface area (Å²) in [6.45, 7) is 12.4. The molecule has 1 heterocycles. The van der Waals surface area contributed by atoms with Gasteiger partial charge in [-0.05, 0) is 89.4 Å². The van der Waals surface area contributed by atoms with E-state index in [9.17, 15) is 14.4 Å². The van der Waals surface area contributed by atoms with Crippen molar-refractivity contribution in [3.8, 4) is 0 Å². The molecule has 4 unspecified atom stereocenters. The van der Waals surface area contributed by atoms with Crippen molar-refractivity contribution in [2.24, 2.45) is 34.5 Å². The Hall–Kier alpha value is -1.85. The van der Waals surface area contributed by atoms with E-state index in [-0.39, 0.29) is 46.7 Å².